The van der Waals surface area contributed by atoms with Crippen LogP contribution in [0.3, 0.4) is 0 Å². The molecule has 1 saturated heterocycles. The molecule has 1 fully saturated rings. The zero-order chi connectivity index (χ0) is 13.0. The molecule has 0 amide bonds. The van der Waals surface area contributed by atoms with Crippen LogP contribution in [-0.4, -0.2) is 40.5 Å². The molecule has 0 aliphatic carbocycles. The van der Waals surface area contributed by atoms with Crippen LogP contribution in [0, 0.1) is 10.1 Å². The Morgan fingerprint density at radius 3 is 3.22 bits per heavy atom. The number of nitrogens with zero attached hydrogens (tertiary/aromatic N) is 3. The number of nitro groups is 1. The number of nitrogens with one attached hydrogen (secondary N) is 1. The van der Waals surface area contributed by atoms with E-state index in [0.29, 0.717) is 11.9 Å². The molecule has 1 aromatic heterocycles. The molecule has 1 atom stereocenters. The van der Waals surface area contributed by atoms with Crippen LogP contribution in [0.4, 0.5) is 11.5 Å². The van der Waals surface area contributed by atoms with Crippen molar-refractivity contribution in [2.24, 2.45) is 0 Å². The van der Waals surface area contributed by atoms with Crippen LogP contribution in [0.1, 0.15) is 19.8 Å². The summed E-state index contributed by atoms with van der Waals surface area (Å²) in [6.45, 7) is 5.14. The van der Waals surface area contributed by atoms with Crippen LogP contribution in [0.25, 0.3) is 0 Å². The lowest BCUT2D eigenvalue weighted by molar-refractivity contribution is -0.384. The van der Waals surface area contributed by atoms with Gasteiger partial charge in [-0.15, -0.1) is 0 Å². The van der Waals surface area contributed by atoms with Crippen molar-refractivity contribution in [2.45, 2.75) is 25.8 Å². The molecule has 0 radical (unpaired) electrons. The maximum absolute atomic E-state index is 10.7. The Labute approximate surface area is 106 Å². The van der Waals surface area contributed by atoms with Crippen molar-refractivity contribution in [3.05, 3.63) is 28.4 Å². The van der Waals surface area contributed by atoms with Gasteiger partial charge in [-0.3, -0.25) is 15.0 Å². The Hall–Kier alpha value is -1.69. The summed E-state index contributed by atoms with van der Waals surface area (Å²) in [5, 5.41) is 13.8. The fraction of sp³-hybridized carbons (Fsp3) is 0.583. The summed E-state index contributed by atoms with van der Waals surface area (Å²) in [6.07, 6.45) is 3.87. The maximum Gasteiger partial charge on any atom is 0.274 e. The Balaban J connectivity index is 1.93. The molecule has 18 heavy (non-hydrogen) atoms. The second-order valence-electron chi connectivity index (χ2n) is 4.46. The number of rotatable bonds is 5. The molecule has 0 spiro atoms. The van der Waals surface area contributed by atoms with Gasteiger partial charge in [-0.25, -0.2) is 4.98 Å². The second-order valence-corrected chi connectivity index (χ2v) is 4.46. The summed E-state index contributed by atoms with van der Waals surface area (Å²) in [7, 11) is 0. The highest BCUT2D eigenvalue weighted by atomic mass is 16.6. The minimum absolute atomic E-state index is 0.0752. The molecule has 1 aliphatic heterocycles. The van der Waals surface area contributed by atoms with Crippen molar-refractivity contribution in [1.29, 1.82) is 0 Å². The third-order valence-electron chi connectivity index (χ3n) is 3.38. The zero-order valence-corrected chi connectivity index (χ0v) is 10.5. The van der Waals surface area contributed by atoms with E-state index in [2.05, 4.69) is 22.1 Å². The van der Waals surface area contributed by atoms with Gasteiger partial charge in [-0.2, -0.15) is 0 Å². The van der Waals surface area contributed by atoms with Gasteiger partial charge in [-0.05, 0) is 25.9 Å². The predicted molar refractivity (Wildman–Crippen MR) is 69.7 cm³/mol. The van der Waals surface area contributed by atoms with E-state index in [1.165, 1.54) is 31.2 Å². The fourth-order valence-corrected chi connectivity index (χ4v) is 2.39. The normalized spacial score (nSPS) is 19.9. The van der Waals surface area contributed by atoms with Gasteiger partial charge in [0.15, 0.2) is 0 Å². The van der Waals surface area contributed by atoms with Gasteiger partial charge in [0, 0.05) is 24.8 Å². The number of anilines is 1. The average molecular weight is 250 g/mol. The molecule has 1 N–H and O–H groups in total. The van der Waals surface area contributed by atoms with Crippen LogP contribution in [-0.2, 0) is 0 Å². The first-order chi connectivity index (χ1) is 8.70. The van der Waals surface area contributed by atoms with Crippen LogP contribution >= 0.6 is 0 Å². The van der Waals surface area contributed by atoms with Crippen molar-refractivity contribution < 1.29 is 4.92 Å². The first kappa shape index (κ1) is 12.8. The standard InChI is InChI=1S/C12H18N4O2/c1-2-15-7-3-4-11(15)9-14-12-8-10(16(17)18)5-6-13-12/h5-6,8,11H,2-4,7,9H2,1H3,(H,13,14). The molecule has 2 rings (SSSR count). The zero-order valence-electron chi connectivity index (χ0n) is 10.5. The van der Waals surface area contributed by atoms with Crippen molar-refractivity contribution in [2.75, 3.05) is 25.0 Å². The molecule has 0 aromatic carbocycles. The molecule has 0 saturated carbocycles. The number of likely N-dealkylation sites (tertiary alicyclic amines) is 1. The summed E-state index contributed by atoms with van der Waals surface area (Å²) in [5.74, 6) is 0.576. The first-order valence-electron chi connectivity index (χ1n) is 6.29. The number of likely N-dealkylation sites (N-methyl/N-ethyl adjacent to an activating group) is 1. The summed E-state index contributed by atoms with van der Waals surface area (Å²) in [6, 6.07) is 3.39. The summed E-state index contributed by atoms with van der Waals surface area (Å²) >= 11 is 0. The largest absolute Gasteiger partial charge is 0.368 e. The van der Waals surface area contributed by atoms with E-state index >= 15 is 0 Å². The lowest BCUT2D eigenvalue weighted by Crippen LogP contribution is -2.34. The molecule has 98 valence electrons. The minimum atomic E-state index is -0.402. The number of pyridine rings is 1. The highest BCUT2D eigenvalue weighted by Crippen LogP contribution is 2.18. The number of hydrogen-bond acceptors (Lipinski definition) is 5. The monoisotopic (exact) mass is 250 g/mol. The van der Waals surface area contributed by atoms with Gasteiger partial charge in [0.05, 0.1) is 11.0 Å². The Morgan fingerprint density at radius 1 is 1.67 bits per heavy atom. The van der Waals surface area contributed by atoms with Crippen molar-refractivity contribution >= 4 is 11.5 Å². The molecule has 1 aliphatic rings. The van der Waals surface area contributed by atoms with Gasteiger partial charge >= 0.3 is 0 Å². The minimum Gasteiger partial charge on any atom is -0.368 e. The molecule has 1 unspecified atom stereocenters. The van der Waals surface area contributed by atoms with Crippen LogP contribution in [0.15, 0.2) is 18.3 Å². The van der Waals surface area contributed by atoms with E-state index in [1.54, 1.807) is 0 Å². The molecular formula is C12H18N4O2. The topological polar surface area (TPSA) is 71.3 Å². The van der Waals surface area contributed by atoms with Crippen molar-refractivity contribution in [3.63, 3.8) is 0 Å². The van der Waals surface area contributed by atoms with E-state index in [9.17, 15) is 10.1 Å². The Morgan fingerprint density at radius 2 is 2.50 bits per heavy atom. The van der Waals surface area contributed by atoms with Gasteiger partial charge in [0.2, 0.25) is 0 Å². The lowest BCUT2D eigenvalue weighted by atomic mass is 10.2. The van der Waals surface area contributed by atoms with Crippen LogP contribution < -0.4 is 5.32 Å². The smallest absolute Gasteiger partial charge is 0.274 e. The fourth-order valence-electron chi connectivity index (χ4n) is 2.39. The van der Waals surface area contributed by atoms with E-state index in [-0.39, 0.29) is 5.69 Å². The molecule has 6 nitrogen and oxygen atoms in total. The Bertz CT molecular complexity index is 424. The highest BCUT2D eigenvalue weighted by molar-refractivity contribution is 5.44. The molecule has 0 bridgehead atoms. The summed E-state index contributed by atoms with van der Waals surface area (Å²) in [5.41, 5.74) is 0.0752. The van der Waals surface area contributed by atoms with Crippen molar-refractivity contribution in [1.82, 2.24) is 9.88 Å². The maximum atomic E-state index is 10.7. The Kier molecular flexibility index (Phi) is 4.09. The quantitative estimate of drug-likeness (QED) is 0.638. The molecular weight excluding hydrogens is 232 g/mol. The molecule has 1 aromatic rings. The average Bonchev–Trinajstić information content (AvgIpc) is 2.84. The van der Waals surface area contributed by atoms with Gasteiger partial charge in [-0.1, -0.05) is 6.92 Å². The van der Waals surface area contributed by atoms with Gasteiger partial charge in [0.25, 0.3) is 5.69 Å². The predicted octanol–water partition coefficient (Wildman–Crippen LogP) is 1.89. The third-order valence-corrected chi connectivity index (χ3v) is 3.38. The van der Waals surface area contributed by atoms with E-state index in [1.807, 2.05) is 0 Å². The number of hydrogen-bond donors (Lipinski definition) is 1. The highest BCUT2D eigenvalue weighted by Gasteiger charge is 2.22. The van der Waals surface area contributed by atoms with E-state index in [4.69, 9.17) is 0 Å². The van der Waals surface area contributed by atoms with Crippen molar-refractivity contribution in [3.8, 4) is 0 Å². The van der Waals surface area contributed by atoms with Crippen LogP contribution in [0.2, 0.25) is 0 Å². The molecule has 2 heterocycles. The van der Waals surface area contributed by atoms with E-state index in [0.717, 1.165) is 19.6 Å². The summed E-state index contributed by atoms with van der Waals surface area (Å²) in [4.78, 5) is 16.8. The molecule has 6 heteroatoms. The first-order valence-corrected chi connectivity index (χ1v) is 6.29. The lowest BCUT2D eigenvalue weighted by Gasteiger charge is -2.22. The van der Waals surface area contributed by atoms with E-state index < -0.39 is 4.92 Å². The SMILES string of the molecule is CCN1CCCC1CNc1cc([N+](=O)[O-])ccn1. The number of aromatic nitrogens is 1. The van der Waals surface area contributed by atoms with Gasteiger partial charge < -0.3 is 5.32 Å². The third kappa shape index (κ3) is 2.95. The van der Waals surface area contributed by atoms with Gasteiger partial charge in [0.1, 0.15) is 5.82 Å². The van der Waals surface area contributed by atoms with Crippen LogP contribution in [0.5, 0.6) is 0 Å². The second kappa shape index (κ2) is 5.77. The summed E-state index contributed by atoms with van der Waals surface area (Å²) < 4.78 is 0.